The van der Waals surface area contributed by atoms with Gasteiger partial charge in [-0.3, -0.25) is 29.0 Å². The zero-order chi connectivity index (χ0) is 49.6. The third kappa shape index (κ3) is 12.6. The normalized spacial score (nSPS) is 15.7. The van der Waals surface area contributed by atoms with Gasteiger partial charge < -0.3 is 58.8 Å². The van der Waals surface area contributed by atoms with E-state index in [4.69, 9.17) is 58.8 Å². The number of benzene rings is 5. The second kappa shape index (κ2) is 26.1. The van der Waals surface area contributed by atoms with Crippen LogP contribution < -0.4 is 11.5 Å². The summed E-state index contributed by atoms with van der Waals surface area (Å²) in [6.45, 7) is 15.0. The second-order valence-electron chi connectivity index (χ2n) is 17.5. The van der Waals surface area contributed by atoms with Crippen LogP contribution in [0.1, 0.15) is 69.1 Å². The third-order valence-electron chi connectivity index (χ3n) is 12.4. The van der Waals surface area contributed by atoms with Crippen molar-refractivity contribution in [3.63, 3.8) is 0 Å². The molecule has 7 rings (SSSR count). The smallest absolute Gasteiger partial charge is 0.261 e. The standard InChI is InChI=1S/C52H68N4O14/c1-33(29-53)67-25-21-63-17-13-61-15-19-65-23-27-69-35(3)31-55-49(57)41-9-5-37-39-7-11-43-48-44(12-8-40(46(39)48)38-6-10-42(50(55)58)47(41)45(37)38)52(60)56(51(43)59)32-36(4)70-28-24-66-20-16-62-14-18-64-22-26-68-34(2)30-54/h5-12,33-36H,13-32,53-54H2,1-4H3. The van der Waals surface area contributed by atoms with E-state index in [1.54, 1.807) is 24.3 Å². The lowest BCUT2D eigenvalue weighted by Crippen LogP contribution is -2.44. The Kier molecular flexibility index (Phi) is 19.7. The molecule has 5 aromatic carbocycles. The molecular formula is C52H68N4O14. The molecule has 4 atom stereocenters. The van der Waals surface area contributed by atoms with Crippen LogP contribution in [0.3, 0.4) is 0 Å². The summed E-state index contributed by atoms with van der Waals surface area (Å²) in [5, 5.41) is 6.01. The molecule has 0 radical (unpaired) electrons. The Morgan fingerprint density at radius 3 is 0.814 bits per heavy atom. The number of carbonyl (C=O) groups is 4. The van der Waals surface area contributed by atoms with Gasteiger partial charge in [-0.25, -0.2) is 0 Å². The van der Waals surface area contributed by atoms with Gasteiger partial charge in [0.1, 0.15) is 0 Å². The van der Waals surface area contributed by atoms with Gasteiger partial charge in [-0.1, -0.05) is 24.3 Å². The number of carbonyl (C=O) groups excluding carboxylic acids is 4. The minimum Gasteiger partial charge on any atom is -0.377 e. The Labute approximate surface area is 408 Å². The molecule has 4 N–H and O–H groups in total. The van der Waals surface area contributed by atoms with Gasteiger partial charge in [-0.05, 0) is 84.3 Å². The van der Waals surface area contributed by atoms with E-state index in [2.05, 4.69) is 0 Å². The number of hydrogen-bond acceptors (Lipinski definition) is 16. The summed E-state index contributed by atoms with van der Waals surface area (Å²) in [7, 11) is 0. The Morgan fingerprint density at radius 2 is 0.571 bits per heavy atom. The predicted molar refractivity (Wildman–Crippen MR) is 263 cm³/mol. The summed E-state index contributed by atoms with van der Waals surface area (Å²) in [6, 6.07) is 14.6. The van der Waals surface area contributed by atoms with Crippen molar-refractivity contribution in [1.29, 1.82) is 0 Å². The van der Waals surface area contributed by atoms with E-state index in [0.29, 0.717) is 139 Å². The number of rotatable bonds is 34. The number of nitrogens with two attached hydrogens (primary N) is 2. The highest BCUT2D eigenvalue weighted by Gasteiger charge is 2.38. The topological polar surface area (TPSA) is 219 Å². The van der Waals surface area contributed by atoms with Crippen molar-refractivity contribution >= 4 is 66.7 Å². The highest BCUT2D eigenvalue weighted by Crippen LogP contribution is 2.46. The molecule has 0 fully saturated rings. The van der Waals surface area contributed by atoms with E-state index in [1.165, 1.54) is 9.80 Å². The summed E-state index contributed by atoms with van der Waals surface area (Å²) in [5.41, 5.74) is 12.7. The summed E-state index contributed by atoms with van der Waals surface area (Å²) in [5.74, 6) is -1.60. The van der Waals surface area contributed by atoms with E-state index in [9.17, 15) is 19.2 Å². The summed E-state index contributed by atoms with van der Waals surface area (Å²) in [4.78, 5) is 58.9. The largest absolute Gasteiger partial charge is 0.377 e. The molecule has 18 heteroatoms. The van der Waals surface area contributed by atoms with E-state index in [1.807, 2.05) is 52.0 Å². The minimum atomic E-state index is -0.448. The zero-order valence-corrected chi connectivity index (χ0v) is 40.8. The Balaban J connectivity index is 0.903. The molecule has 4 amide bonds. The van der Waals surface area contributed by atoms with Gasteiger partial charge in [0.25, 0.3) is 23.6 Å². The molecule has 70 heavy (non-hydrogen) atoms. The Morgan fingerprint density at radius 1 is 0.343 bits per heavy atom. The molecule has 0 aliphatic carbocycles. The monoisotopic (exact) mass is 972 g/mol. The molecule has 4 unspecified atom stereocenters. The molecule has 2 aliphatic rings. The van der Waals surface area contributed by atoms with Crippen molar-refractivity contribution in [2.45, 2.75) is 52.1 Å². The van der Waals surface area contributed by atoms with Gasteiger partial charge in [0.05, 0.1) is 143 Å². The molecule has 18 nitrogen and oxygen atoms in total. The van der Waals surface area contributed by atoms with Crippen molar-refractivity contribution in [2.24, 2.45) is 11.5 Å². The molecule has 2 aliphatic heterocycles. The van der Waals surface area contributed by atoms with E-state index >= 15 is 0 Å². The first-order valence-corrected chi connectivity index (χ1v) is 24.3. The maximum absolute atomic E-state index is 14.1. The molecular weight excluding hydrogens is 905 g/mol. The van der Waals surface area contributed by atoms with Crippen LogP contribution in [-0.2, 0) is 47.4 Å². The van der Waals surface area contributed by atoms with Crippen LogP contribution in [0.25, 0.3) is 43.1 Å². The molecule has 0 spiro atoms. The van der Waals surface area contributed by atoms with Crippen molar-refractivity contribution in [3.8, 4) is 0 Å². The summed E-state index contributed by atoms with van der Waals surface area (Å²) >= 11 is 0. The van der Waals surface area contributed by atoms with Gasteiger partial charge in [0.2, 0.25) is 0 Å². The second-order valence-corrected chi connectivity index (χ2v) is 17.5. The maximum atomic E-state index is 14.1. The molecule has 5 aromatic rings. The summed E-state index contributed by atoms with van der Waals surface area (Å²) in [6.07, 6.45) is -0.879. The van der Waals surface area contributed by atoms with Crippen LogP contribution in [-0.4, -0.2) is 190 Å². The van der Waals surface area contributed by atoms with Gasteiger partial charge in [0.15, 0.2) is 0 Å². The Hall–Kier alpha value is -4.80. The van der Waals surface area contributed by atoms with E-state index in [0.717, 1.165) is 32.3 Å². The lowest BCUT2D eigenvalue weighted by molar-refractivity contribution is -0.0268. The lowest BCUT2D eigenvalue weighted by Gasteiger charge is -2.31. The molecule has 0 saturated heterocycles. The van der Waals surface area contributed by atoms with Crippen LogP contribution in [0.4, 0.5) is 0 Å². The first-order valence-electron chi connectivity index (χ1n) is 24.3. The van der Waals surface area contributed by atoms with Gasteiger partial charge in [-0.15, -0.1) is 0 Å². The van der Waals surface area contributed by atoms with Crippen LogP contribution in [0.2, 0.25) is 0 Å². The van der Waals surface area contributed by atoms with Gasteiger partial charge in [-0.2, -0.15) is 0 Å². The quantitative estimate of drug-likeness (QED) is 0.0250. The zero-order valence-electron chi connectivity index (χ0n) is 40.8. The fourth-order valence-electron chi connectivity index (χ4n) is 8.77. The molecule has 0 saturated carbocycles. The summed E-state index contributed by atoms with van der Waals surface area (Å²) < 4.78 is 56.1. The number of nitrogens with zero attached hydrogens (tertiary/aromatic N) is 2. The fourth-order valence-corrected chi connectivity index (χ4v) is 8.77. The van der Waals surface area contributed by atoms with Crippen LogP contribution >= 0.6 is 0 Å². The predicted octanol–water partition coefficient (Wildman–Crippen LogP) is 4.57. The Bertz CT molecular complexity index is 2260. The van der Waals surface area contributed by atoms with Crippen LogP contribution in [0.5, 0.6) is 0 Å². The SMILES string of the molecule is CC(CN)OCCOCCOCCOCCOC(C)CN1C(=O)c2ccc3c4ccc5c6c(ccc(c7ccc(c2c37)C1=O)c64)C(=O)N(CC(C)OCCOCCOCCOCCOC(C)CN)C5=O. The van der Waals surface area contributed by atoms with E-state index < -0.39 is 35.8 Å². The van der Waals surface area contributed by atoms with Crippen LogP contribution in [0, 0.1) is 0 Å². The molecule has 2 heterocycles. The number of fused-ring (bicyclic) bond motifs is 2. The number of ether oxygens (including phenoxy) is 10. The third-order valence-corrected chi connectivity index (χ3v) is 12.4. The first kappa shape index (κ1) is 53.0. The van der Waals surface area contributed by atoms with Crippen LogP contribution in [0.15, 0.2) is 48.5 Å². The van der Waals surface area contributed by atoms with Crippen molar-refractivity contribution in [1.82, 2.24) is 9.80 Å². The average Bonchev–Trinajstić information content (AvgIpc) is 3.36. The van der Waals surface area contributed by atoms with Crippen molar-refractivity contribution in [2.75, 3.05) is 132 Å². The van der Waals surface area contributed by atoms with Gasteiger partial charge >= 0.3 is 0 Å². The highest BCUT2D eigenvalue weighted by molar-refractivity contribution is 6.41. The molecule has 0 bridgehead atoms. The lowest BCUT2D eigenvalue weighted by atomic mass is 9.82. The van der Waals surface area contributed by atoms with Crippen molar-refractivity contribution in [3.05, 3.63) is 70.8 Å². The first-order chi connectivity index (χ1) is 34.0. The maximum Gasteiger partial charge on any atom is 0.261 e. The number of hydrogen-bond donors (Lipinski definition) is 2. The van der Waals surface area contributed by atoms with Gasteiger partial charge in [0, 0.05) is 46.1 Å². The number of imide groups is 2. The highest BCUT2D eigenvalue weighted by atomic mass is 16.6. The van der Waals surface area contributed by atoms with E-state index in [-0.39, 0.29) is 38.5 Å². The van der Waals surface area contributed by atoms with Crippen molar-refractivity contribution < 1.29 is 66.5 Å². The molecule has 0 aromatic heterocycles. The average molecular weight is 973 g/mol. The minimum absolute atomic E-state index is 0.00871. The fraction of sp³-hybridized carbons (Fsp3) is 0.538. The molecule has 380 valence electrons. The number of amides is 4.